The molecule has 0 amide bonds. The first-order valence-corrected chi connectivity index (χ1v) is 8.33. The maximum Gasteiger partial charge on any atom is 0.231 e. The highest BCUT2D eigenvalue weighted by Gasteiger charge is 2.18. The van der Waals surface area contributed by atoms with Crippen LogP contribution in [0.4, 0.5) is 0 Å². The number of aliphatic hydroxyl groups is 1. The van der Waals surface area contributed by atoms with Crippen molar-refractivity contribution in [3.63, 3.8) is 0 Å². The van der Waals surface area contributed by atoms with Gasteiger partial charge in [-0.3, -0.25) is 4.90 Å². The Bertz CT molecular complexity index is 503. The highest BCUT2D eigenvalue weighted by molar-refractivity contribution is 5.44. The van der Waals surface area contributed by atoms with Crippen molar-refractivity contribution in [3.05, 3.63) is 23.8 Å². The average molecular weight is 322 g/mol. The van der Waals surface area contributed by atoms with Gasteiger partial charge in [-0.05, 0) is 24.2 Å². The van der Waals surface area contributed by atoms with Crippen molar-refractivity contribution in [2.75, 3.05) is 52.7 Å². The van der Waals surface area contributed by atoms with E-state index >= 15 is 0 Å². The Morgan fingerprint density at radius 2 is 1.87 bits per heavy atom. The fourth-order valence-corrected chi connectivity index (χ4v) is 2.98. The molecule has 6 nitrogen and oxygen atoms in total. The number of β-amino-alcohol motifs (C(OH)–C–C–N with tert-alkyl or cyclic N) is 1. The van der Waals surface area contributed by atoms with Gasteiger partial charge in [0.15, 0.2) is 11.5 Å². The van der Waals surface area contributed by atoms with Gasteiger partial charge in [0.05, 0.1) is 19.3 Å². The average Bonchev–Trinajstić information content (AvgIpc) is 3.03. The molecule has 2 heterocycles. The highest BCUT2D eigenvalue weighted by Crippen LogP contribution is 2.32. The van der Waals surface area contributed by atoms with Crippen LogP contribution in [0.2, 0.25) is 0 Å². The van der Waals surface area contributed by atoms with Crippen LogP contribution in [0, 0.1) is 0 Å². The van der Waals surface area contributed by atoms with E-state index in [1.54, 1.807) is 0 Å². The largest absolute Gasteiger partial charge is 0.454 e. The molecule has 0 saturated carbocycles. The molecule has 2 aliphatic heterocycles. The van der Waals surface area contributed by atoms with Crippen molar-refractivity contribution in [3.8, 4) is 11.5 Å². The van der Waals surface area contributed by atoms with Crippen molar-refractivity contribution in [1.29, 1.82) is 0 Å². The monoisotopic (exact) mass is 322 g/mol. The van der Waals surface area contributed by atoms with Gasteiger partial charge in [-0.2, -0.15) is 0 Å². The Morgan fingerprint density at radius 1 is 1.13 bits per heavy atom. The van der Waals surface area contributed by atoms with E-state index < -0.39 is 6.10 Å². The summed E-state index contributed by atoms with van der Waals surface area (Å²) in [5, 5.41) is 10.1. The summed E-state index contributed by atoms with van der Waals surface area (Å²) in [6, 6.07) is 5.78. The maximum absolute atomic E-state index is 10.1. The first kappa shape index (κ1) is 16.5. The summed E-state index contributed by atoms with van der Waals surface area (Å²) in [4.78, 5) is 4.74. The van der Waals surface area contributed by atoms with Gasteiger partial charge >= 0.3 is 0 Å². The van der Waals surface area contributed by atoms with Gasteiger partial charge in [0, 0.05) is 32.7 Å². The fourth-order valence-electron chi connectivity index (χ4n) is 2.98. The van der Waals surface area contributed by atoms with Gasteiger partial charge in [0.1, 0.15) is 0 Å². The molecule has 23 heavy (non-hydrogen) atoms. The molecule has 1 fully saturated rings. The topological polar surface area (TPSA) is 54.4 Å². The van der Waals surface area contributed by atoms with Crippen LogP contribution in [-0.2, 0) is 11.3 Å². The molecule has 2 aliphatic rings. The molecule has 128 valence electrons. The second kappa shape index (κ2) is 7.97. The summed E-state index contributed by atoms with van der Waals surface area (Å²) in [5.41, 5.74) is 1.03. The number of hydrogen-bond acceptors (Lipinski definition) is 6. The lowest BCUT2D eigenvalue weighted by molar-refractivity contribution is 0.00175. The second-order valence-electron chi connectivity index (χ2n) is 6.09. The van der Waals surface area contributed by atoms with Crippen LogP contribution >= 0.6 is 0 Å². The van der Waals surface area contributed by atoms with Crippen molar-refractivity contribution in [2.24, 2.45) is 0 Å². The molecule has 0 aliphatic carbocycles. The third-order valence-corrected chi connectivity index (χ3v) is 4.40. The van der Waals surface area contributed by atoms with Gasteiger partial charge in [-0.15, -0.1) is 0 Å². The highest BCUT2D eigenvalue weighted by atomic mass is 16.7. The third kappa shape index (κ3) is 4.57. The molecule has 0 bridgehead atoms. The molecule has 0 radical (unpaired) electrons. The molecule has 1 aromatic carbocycles. The first-order chi connectivity index (χ1) is 11.2. The van der Waals surface area contributed by atoms with E-state index in [1.807, 2.05) is 18.2 Å². The minimum absolute atomic E-state index is 0.281. The number of benzene rings is 1. The molecular formula is C17H26N2O4. The number of piperazine rings is 1. The Hall–Kier alpha value is -1.34. The third-order valence-electron chi connectivity index (χ3n) is 4.40. The van der Waals surface area contributed by atoms with Crippen molar-refractivity contribution in [2.45, 2.75) is 19.6 Å². The number of rotatable bonds is 7. The van der Waals surface area contributed by atoms with Crippen LogP contribution in [0.1, 0.15) is 12.5 Å². The van der Waals surface area contributed by atoms with Crippen LogP contribution in [0.25, 0.3) is 0 Å². The van der Waals surface area contributed by atoms with Crippen LogP contribution in [-0.4, -0.2) is 73.7 Å². The summed E-state index contributed by atoms with van der Waals surface area (Å²) in [7, 11) is 0. The zero-order valence-corrected chi connectivity index (χ0v) is 13.7. The second-order valence-corrected chi connectivity index (χ2v) is 6.09. The lowest BCUT2D eigenvalue weighted by Gasteiger charge is -2.34. The molecule has 1 unspecified atom stereocenters. The minimum Gasteiger partial charge on any atom is -0.454 e. The van der Waals surface area contributed by atoms with E-state index in [4.69, 9.17) is 14.2 Å². The number of aliphatic hydroxyl groups excluding tert-OH is 1. The molecule has 1 atom stereocenters. The summed E-state index contributed by atoms with van der Waals surface area (Å²) in [5.74, 6) is 1.54. The number of likely N-dealkylation sites (N-methyl/N-ethyl adjacent to an activating group) is 1. The molecule has 3 rings (SSSR count). The van der Waals surface area contributed by atoms with Crippen LogP contribution < -0.4 is 9.47 Å². The van der Waals surface area contributed by atoms with E-state index in [1.165, 1.54) is 0 Å². The smallest absolute Gasteiger partial charge is 0.231 e. The molecule has 6 heteroatoms. The van der Waals surface area contributed by atoms with Gasteiger partial charge in [-0.25, -0.2) is 0 Å². The Morgan fingerprint density at radius 3 is 2.65 bits per heavy atom. The van der Waals surface area contributed by atoms with E-state index in [0.717, 1.165) is 49.8 Å². The predicted octanol–water partition coefficient (Wildman–Crippen LogP) is 0.930. The first-order valence-electron chi connectivity index (χ1n) is 8.33. The number of hydrogen-bond donors (Lipinski definition) is 1. The predicted molar refractivity (Wildman–Crippen MR) is 86.8 cm³/mol. The molecule has 0 aromatic heterocycles. The van der Waals surface area contributed by atoms with Crippen LogP contribution in [0.3, 0.4) is 0 Å². The van der Waals surface area contributed by atoms with Gasteiger partial charge in [0.25, 0.3) is 0 Å². The summed E-state index contributed by atoms with van der Waals surface area (Å²) < 4.78 is 16.3. The van der Waals surface area contributed by atoms with Gasteiger partial charge in [-0.1, -0.05) is 13.0 Å². The number of fused-ring (bicyclic) bond motifs is 1. The molecule has 1 saturated heterocycles. The van der Waals surface area contributed by atoms with E-state index in [-0.39, 0.29) is 6.79 Å². The van der Waals surface area contributed by atoms with Crippen molar-refractivity contribution >= 4 is 0 Å². The van der Waals surface area contributed by atoms with Crippen LogP contribution in [0.15, 0.2) is 18.2 Å². The van der Waals surface area contributed by atoms with Crippen molar-refractivity contribution in [1.82, 2.24) is 9.80 Å². The Labute approximate surface area is 137 Å². The van der Waals surface area contributed by atoms with Gasteiger partial charge in [0.2, 0.25) is 6.79 Å². The van der Waals surface area contributed by atoms with E-state index in [2.05, 4.69) is 16.7 Å². The molecule has 1 aromatic rings. The zero-order valence-electron chi connectivity index (χ0n) is 13.7. The van der Waals surface area contributed by atoms with E-state index in [0.29, 0.717) is 19.8 Å². The standard InChI is InChI=1S/C17H26N2O4/c1-2-18-5-7-19(8-6-18)10-15(20)12-21-11-14-3-4-16-17(9-14)23-13-22-16/h3-4,9,15,20H,2,5-8,10-13H2,1H3. The van der Waals surface area contributed by atoms with Gasteiger partial charge < -0.3 is 24.2 Å². The Balaban J connectivity index is 1.35. The summed E-state index contributed by atoms with van der Waals surface area (Å²) in [6.45, 7) is 9.29. The minimum atomic E-state index is -0.447. The number of ether oxygens (including phenoxy) is 3. The maximum atomic E-state index is 10.1. The summed E-state index contributed by atoms with van der Waals surface area (Å²) >= 11 is 0. The van der Waals surface area contributed by atoms with Crippen molar-refractivity contribution < 1.29 is 19.3 Å². The Kier molecular flexibility index (Phi) is 5.72. The molecule has 1 N–H and O–H groups in total. The number of nitrogens with zero attached hydrogens (tertiary/aromatic N) is 2. The fraction of sp³-hybridized carbons (Fsp3) is 0.647. The summed E-state index contributed by atoms with van der Waals surface area (Å²) in [6.07, 6.45) is -0.447. The quantitative estimate of drug-likeness (QED) is 0.806. The molecular weight excluding hydrogens is 296 g/mol. The SMILES string of the molecule is CCN1CCN(CC(O)COCc2ccc3c(c2)OCO3)CC1. The van der Waals surface area contributed by atoms with Crippen LogP contribution in [0.5, 0.6) is 11.5 Å². The lowest BCUT2D eigenvalue weighted by Crippen LogP contribution is -2.48. The van der Waals surface area contributed by atoms with E-state index in [9.17, 15) is 5.11 Å². The zero-order chi connectivity index (χ0) is 16.1. The molecule has 0 spiro atoms. The lowest BCUT2D eigenvalue weighted by atomic mass is 10.2. The normalized spacial score (nSPS) is 19.9.